The van der Waals surface area contributed by atoms with Gasteiger partial charge in [-0.2, -0.15) is 0 Å². The number of unbranched alkanes of at least 4 members (excludes halogenated alkanes) is 1. The highest BCUT2D eigenvalue weighted by atomic mass is 19.1. The van der Waals surface area contributed by atoms with Gasteiger partial charge in [0.2, 0.25) is 11.8 Å². The number of hydrogen-bond donors (Lipinski definition) is 1. The Bertz CT molecular complexity index is 1520. The molecule has 0 fully saturated rings. The Labute approximate surface area is 220 Å². The summed E-state index contributed by atoms with van der Waals surface area (Å²) in [6.07, 6.45) is 7.51. The number of anilines is 1. The number of fused-ring (bicyclic) bond motifs is 1. The van der Waals surface area contributed by atoms with Crippen molar-refractivity contribution in [2.75, 3.05) is 19.4 Å². The van der Waals surface area contributed by atoms with Gasteiger partial charge in [0.1, 0.15) is 5.82 Å². The minimum atomic E-state index is -0.431. The number of nitrogens with zero attached hydrogens (tertiary/aromatic N) is 4. The van der Waals surface area contributed by atoms with Crippen LogP contribution in [0.15, 0.2) is 83.9 Å². The van der Waals surface area contributed by atoms with Crippen LogP contribution in [0.4, 0.5) is 10.2 Å². The molecule has 0 aliphatic carbocycles. The highest BCUT2D eigenvalue weighted by Crippen LogP contribution is 2.23. The first-order valence-corrected chi connectivity index (χ1v) is 12.4. The van der Waals surface area contributed by atoms with E-state index in [0.29, 0.717) is 19.4 Å². The molecule has 0 unspecified atom stereocenters. The minimum Gasteiger partial charge on any atom is -0.345 e. The van der Waals surface area contributed by atoms with Crippen LogP contribution in [0.5, 0.6) is 0 Å². The van der Waals surface area contributed by atoms with E-state index in [1.165, 1.54) is 33.9 Å². The Morgan fingerprint density at radius 3 is 2.63 bits per heavy atom. The van der Waals surface area contributed by atoms with Gasteiger partial charge in [-0.05, 0) is 48.7 Å². The van der Waals surface area contributed by atoms with Gasteiger partial charge in [-0.3, -0.25) is 14.4 Å². The number of likely N-dealkylation sites (N-methyl/N-ethyl adjacent to an activating group) is 1. The average molecular weight is 516 g/mol. The van der Waals surface area contributed by atoms with Crippen LogP contribution in [0.25, 0.3) is 10.9 Å². The third kappa shape index (κ3) is 6.61. The number of rotatable bonds is 10. The molecule has 0 radical (unpaired) electrons. The number of nitrogens with one attached hydrogen (secondary N) is 1. The number of amides is 2. The molecule has 8 nitrogen and oxygen atoms in total. The van der Waals surface area contributed by atoms with Gasteiger partial charge in [0.25, 0.3) is 5.56 Å². The lowest BCUT2D eigenvalue weighted by Gasteiger charge is -2.13. The van der Waals surface area contributed by atoms with Gasteiger partial charge in [-0.1, -0.05) is 36.4 Å². The largest absolute Gasteiger partial charge is 0.345 e. The zero-order chi connectivity index (χ0) is 27.1. The second-order valence-electron chi connectivity index (χ2n) is 9.19. The molecule has 2 aromatic heterocycles. The molecule has 0 saturated heterocycles. The summed E-state index contributed by atoms with van der Waals surface area (Å²) in [5.41, 5.74) is 2.33. The van der Waals surface area contributed by atoms with E-state index < -0.39 is 5.56 Å². The summed E-state index contributed by atoms with van der Waals surface area (Å²) in [6.45, 7) is 0.779. The van der Waals surface area contributed by atoms with Crippen molar-refractivity contribution in [1.29, 1.82) is 0 Å². The molecule has 0 aliphatic heterocycles. The van der Waals surface area contributed by atoms with Gasteiger partial charge >= 0.3 is 0 Å². The number of carbonyl (C=O) groups is 2. The summed E-state index contributed by atoms with van der Waals surface area (Å²) in [5.74, 6) is -0.816. The summed E-state index contributed by atoms with van der Waals surface area (Å²) in [5, 5.41) is 3.35. The lowest BCUT2D eigenvalue weighted by atomic mass is 10.2. The summed E-state index contributed by atoms with van der Waals surface area (Å²) >= 11 is 0. The van der Waals surface area contributed by atoms with Crippen molar-refractivity contribution in [2.45, 2.75) is 32.4 Å². The monoisotopic (exact) mass is 515 g/mol. The molecule has 0 spiro atoms. The molecule has 38 heavy (non-hydrogen) atoms. The van der Waals surface area contributed by atoms with E-state index in [4.69, 9.17) is 0 Å². The second kappa shape index (κ2) is 12.1. The molecule has 2 aromatic carbocycles. The van der Waals surface area contributed by atoms with Crippen LogP contribution in [-0.2, 0) is 22.7 Å². The highest BCUT2D eigenvalue weighted by molar-refractivity contribution is 5.89. The second-order valence-corrected chi connectivity index (χ2v) is 9.19. The molecule has 2 amide bonds. The van der Waals surface area contributed by atoms with Gasteiger partial charge in [-0.15, -0.1) is 0 Å². The van der Waals surface area contributed by atoms with E-state index in [1.54, 1.807) is 32.4 Å². The van der Waals surface area contributed by atoms with E-state index in [9.17, 15) is 18.8 Å². The Balaban J connectivity index is 1.49. The zero-order valence-electron chi connectivity index (χ0n) is 21.4. The maximum Gasteiger partial charge on any atom is 0.294 e. The molecule has 4 aromatic rings. The first-order chi connectivity index (χ1) is 18.3. The maximum absolute atomic E-state index is 13.9. The quantitative estimate of drug-likeness (QED) is 0.253. The fourth-order valence-corrected chi connectivity index (χ4v) is 4.12. The van der Waals surface area contributed by atoms with Gasteiger partial charge in [-0.25, -0.2) is 9.37 Å². The number of halogens is 1. The average Bonchev–Trinajstić information content (AvgIpc) is 3.22. The summed E-state index contributed by atoms with van der Waals surface area (Å²) in [7, 11) is 3.34. The maximum atomic E-state index is 13.9. The number of carbonyl (C=O) groups excluding carboxylic acids is 2. The third-order valence-corrected chi connectivity index (χ3v) is 6.11. The van der Waals surface area contributed by atoms with Crippen molar-refractivity contribution >= 4 is 28.5 Å². The number of aromatic nitrogens is 3. The highest BCUT2D eigenvalue weighted by Gasteiger charge is 2.14. The van der Waals surface area contributed by atoms with Crippen LogP contribution >= 0.6 is 0 Å². The predicted octanol–water partition coefficient (Wildman–Crippen LogP) is 4.19. The van der Waals surface area contributed by atoms with Crippen LogP contribution in [0.2, 0.25) is 0 Å². The van der Waals surface area contributed by atoms with E-state index >= 15 is 0 Å². The van der Waals surface area contributed by atoms with E-state index in [2.05, 4.69) is 14.9 Å². The smallest absolute Gasteiger partial charge is 0.294 e. The van der Waals surface area contributed by atoms with Crippen molar-refractivity contribution < 1.29 is 14.0 Å². The fourth-order valence-electron chi connectivity index (χ4n) is 4.12. The zero-order valence-corrected chi connectivity index (χ0v) is 21.4. The van der Waals surface area contributed by atoms with Crippen molar-refractivity contribution in [1.82, 2.24) is 19.0 Å². The summed E-state index contributed by atoms with van der Waals surface area (Å²) in [6, 6.07) is 16.4. The third-order valence-electron chi connectivity index (χ3n) is 6.11. The van der Waals surface area contributed by atoms with Crippen LogP contribution in [-0.4, -0.2) is 44.9 Å². The predicted molar refractivity (Wildman–Crippen MR) is 145 cm³/mol. The van der Waals surface area contributed by atoms with E-state index in [1.807, 2.05) is 36.4 Å². The van der Waals surface area contributed by atoms with Gasteiger partial charge < -0.3 is 19.4 Å². The Morgan fingerprint density at radius 1 is 1.08 bits per heavy atom. The van der Waals surface area contributed by atoms with Gasteiger partial charge in [0, 0.05) is 56.1 Å². The number of allylic oxidation sites excluding steroid dienone is 1. The summed E-state index contributed by atoms with van der Waals surface area (Å²) < 4.78 is 17.5. The fraction of sp³-hybridized carbons (Fsp3) is 0.241. The molecule has 2 heterocycles. The minimum absolute atomic E-state index is 0.0485. The topological polar surface area (TPSA) is 89.2 Å². The molecule has 1 N–H and O–H groups in total. The first kappa shape index (κ1) is 26.5. The lowest BCUT2D eigenvalue weighted by Crippen LogP contribution is -2.27. The van der Waals surface area contributed by atoms with Crippen molar-refractivity contribution in [3.63, 3.8) is 0 Å². The Hall–Kier alpha value is -4.53. The Morgan fingerprint density at radius 2 is 1.87 bits per heavy atom. The standard InChI is InChI=1S/C29H30FN5O3/c1-33(2)27(37)12-8-4-7-11-26(36)32-28-29(38)34(16-15-31-28)20-24-18-22-17-23(30)13-14-25(22)35(24)19-21-9-5-3-6-10-21/h3,5-6,8-10,12-18H,4,7,11,19-20H2,1-2H3,(H,31,32,36)/b12-8+. The van der Waals surface area contributed by atoms with Crippen molar-refractivity contribution in [3.8, 4) is 0 Å². The molecular formula is C29H30FN5O3. The first-order valence-electron chi connectivity index (χ1n) is 12.4. The number of hydrogen-bond acceptors (Lipinski definition) is 4. The molecule has 0 bridgehead atoms. The Kier molecular flexibility index (Phi) is 8.47. The van der Waals surface area contributed by atoms with Crippen LogP contribution in [0.3, 0.4) is 0 Å². The van der Waals surface area contributed by atoms with Crippen LogP contribution < -0.4 is 10.9 Å². The number of benzene rings is 2. The summed E-state index contributed by atoms with van der Waals surface area (Å²) in [4.78, 5) is 42.6. The molecular weight excluding hydrogens is 485 g/mol. The van der Waals surface area contributed by atoms with E-state index in [-0.39, 0.29) is 36.4 Å². The SMILES string of the molecule is CN(C)C(=O)/C=C/CCCC(=O)Nc1nccn(Cc2cc3cc(F)ccc3n2Cc2ccccc2)c1=O. The lowest BCUT2D eigenvalue weighted by molar-refractivity contribution is -0.123. The van der Waals surface area contributed by atoms with Crippen molar-refractivity contribution in [3.05, 3.63) is 107 Å². The van der Waals surface area contributed by atoms with Gasteiger partial charge in [0.15, 0.2) is 5.82 Å². The van der Waals surface area contributed by atoms with Crippen LogP contribution in [0.1, 0.15) is 30.5 Å². The molecule has 9 heteroatoms. The van der Waals surface area contributed by atoms with Gasteiger partial charge in [0.05, 0.1) is 6.54 Å². The van der Waals surface area contributed by atoms with Crippen LogP contribution in [0, 0.1) is 5.82 Å². The molecule has 4 rings (SSSR count). The van der Waals surface area contributed by atoms with Crippen molar-refractivity contribution in [2.24, 2.45) is 0 Å². The molecule has 196 valence electrons. The molecule has 0 aliphatic rings. The molecule has 0 atom stereocenters. The normalized spacial score (nSPS) is 11.2. The van der Waals surface area contributed by atoms with E-state index in [0.717, 1.165) is 22.2 Å². The molecule has 0 saturated carbocycles.